The van der Waals surface area contributed by atoms with Crippen molar-refractivity contribution in [2.24, 2.45) is 0 Å². The van der Waals surface area contributed by atoms with Gasteiger partial charge in [-0.05, 0) is 48.0 Å². The average Bonchev–Trinajstić information content (AvgIpc) is 2.62. The summed E-state index contributed by atoms with van der Waals surface area (Å²) >= 11 is 5.69. The Morgan fingerprint density at radius 2 is 1.72 bits per heavy atom. The van der Waals surface area contributed by atoms with Crippen LogP contribution in [0.2, 0.25) is 5.02 Å². The predicted molar refractivity (Wildman–Crippen MR) is 96.6 cm³/mol. The summed E-state index contributed by atoms with van der Waals surface area (Å²) in [6.07, 6.45) is 0. The van der Waals surface area contributed by atoms with Crippen LogP contribution in [0.5, 0.6) is 5.75 Å². The highest BCUT2D eigenvalue weighted by molar-refractivity contribution is 6.30. The van der Waals surface area contributed by atoms with Gasteiger partial charge in [-0.25, -0.2) is 4.39 Å². The average molecular weight is 356 g/mol. The lowest BCUT2D eigenvalue weighted by molar-refractivity contribution is 0.102. The van der Waals surface area contributed by atoms with Crippen LogP contribution >= 0.6 is 11.6 Å². The van der Waals surface area contributed by atoms with E-state index in [2.05, 4.69) is 5.32 Å². The Morgan fingerprint density at radius 3 is 2.40 bits per heavy atom. The second-order valence-electron chi connectivity index (χ2n) is 5.38. The van der Waals surface area contributed by atoms with Crippen molar-refractivity contribution in [2.45, 2.75) is 6.61 Å². The van der Waals surface area contributed by atoms with Gasteiger partial charge in [0.25, 0.3) is 5.91 Å². The summed E-state index contributed by atoms with van der Waals surface area (Å²) in [6.45, 7) is 0.461. The Labute approximate surface area is 150 Å². The molecule has 126 valence electrons. The maximum atomic E-state index is 13.8. The third kappa shape index (κ3) is 4.58. The summed E-state index contributed by atoms with van der Waals surface area (Å²) < 4.78 is 19.4. The zero-order chi connectivity index (χ0) is 17.6. The molecule has 3 aromatic carbocycles. The second-order valence-corrected chi connectivity index (χ2v) is 5.81. The van der Waals surface area contributed by atoms with Gasteiger partial charge in [0, 0.05) is 10.7 Å². The van der Waals surface area contributed by atoms with Gasteiger partial charge < -0.3 is 10.1 Å². The molecule has 0 fully saturated rings. The fourth-order valence-corrected chi connectivity index (χ4v) is 2.41. The normalized spacial score (nSPS) is 10.3. The topological polar surface area (TPSA) is 38.3 Å². The first-order chi connectivity index (χ1) is 12.1. The standard InChI is InChI=1S/C20H15ClFNO2/c21-15-6-11-18(19(22)12-15)20(24)23-16-7-9-17(10-8-16)25-13-14-4-2-1-3-5-14/h1-12H,13H2,(H,23,24). The summed E-state index contributed by atoms with van der Waals surface area (Å²) in [5, 5.41) is 2.89. The summed E-state index contributed by atoms with van der Waals surface area (Å²) in [4.78, 5) is 12.1. The van der Waals surface area contributed by atoms with Gasteiger partial charge in [0.1, 0.15) is 18.2 Å². The van der Waals surface area contributed by atoms with E-state index in [0.717, 1.165) is 11.6 Å². The van der Waals surface area contributed by atoms with E-state index in [1.165, 1.54) is 12.1 Å². The van der Waals surface area contributed by atoms with E-state index in [-0.39, 0.29) is 10.6 Å². The highest BCUT2D eigenvalue weighted by Gasteiger charge is 2.12. The molecule has 25 heavy (non-hydrogen) atoms. The number of benzene rings is 3. The van der Waals surface area contributed by atoms with E-state index in [9.17, 15) is 9.18 Å². The molecule has 0 aliphatic rings. The van der Waals surface area contributed by atoms with Gasteiger partial charge in [0.05, 0.1) is 5.56 Å². The van der Waals surface area contributed by atoms with Crippen molar-refractivity contribution in [2.75, 3.05) is 5.32 Å². The van der Waals surface area contributed by atoms with Crippen LogP contribution in [0.3, 0.4) is 0 Å². The number of rotatable bonds is 5. The minimum absolute atomic E-state index is 0.0613. The van der Waals surface area contributed by atoms with E-state index >= 15 is 0 Å². The lowest BCUT2D eigenvalue weighted by atomic mass is 10.2. The highest BCUT2D eigenvalue weighted by Crippen LogP contribution is 2.19. The molecular formula is C20H15ClFNO2. The molecule has 3 rings (SSSR count). The molecular weight excluding hydrogens is 341 g/mol. The van der Waals surface area contributed by atoms with Crippen molar-refractivity contribution in [3.05, 3.63) is 94.8 Å². The van der Waals surface area contributed by atoms with Gasteiger partial charge in [-0.3, -0.25) is 4.79 Å². The zero-order valence-corrected chi connectivity index (χ0v) is 14.0. The van der Waals surface area contributed by atoms with Gasteiger partial charge in [-0.2, -0.15) is 0 Å². The molecule has 1 N–H and O–H groups in total. The second kappa shape index (κ2) is 7.81. The molecule has 3 aromatic rings. The lowest BCUT2D eigenvalue weighted by Gasteiger charge is -2.09. The largest absolute Gasteiger partial charge is 0.489 e. The van der Waals surface area contributed by atoms with Crippen molar-refractivity contribution in [3.63, 3.8) is 0 Å². The van der Waals surface area contributed by atoms with E-state index in [0.29, 0.717) is 18.0 Å². The quantitative estimate of drug-likeness (QED) is 0.673. The van der Waals surface area contributed by atoms with Crippen molar-refractivity contribution in [1.29, 1.82) is 0 Å². The molecule has 0 saturated carbocycles. The Bertz CT molecular complexity index is 867. The summed E-state index contributed by atoms with van der Waals surface area (Å²) in [6, 6.07) is 20.6. The van der Waals surface area contributed by atoms with Gasteiger partial charge in [-0.15, -0.1) is 0 Å². The number of nitrogens with one attached hydrogen (secondary N) is 1. The van der Waals surface area contributed by atoms with Gasteiger partial charge >= 0.3 is 0 Å². The zero-order valence-electron chi connectivity index (χ0n) is 13.2. The smallest absolute Gasteiger partial charge is 0.258 e. The molecule has 0 spiro atoms. The Balaban J connectivity index is 1.61. The van der Waals surface area contributed by atoms with Gasteiger partial charge in [-0.1, -0.05) is 41.9 Å². The van der Waals surface area contributed by atoms with E-state index in [4.69, 9.17) is 16.3 Å². The first-order valence-corrected chi connectivity index (χ1v) is 8.03. The fraction of sp³-hybridized carbons (Fsp3) is 0.0500. The van der Waals surface area contributed by atoms with Crippen LogP contribution < -0.4 is 10.1 Å². The molecule has 0 heterocycles. The lowest BCUT2D eigenvalue weighted by Crippen LogP contribution is -2.13. The van der Waals surface area contributed by atoms with Crippen molar-refractivity contribution in [1.82, 2.24) is 0 Å². The fourth-order valence-electron chi connectivity index (χ4n) is 2.25. The number of hydrogen-bond acceptors (Lipinski definition) is 2. The number of ether oxygens (including phenoxy) is 1. The molecule has 1 amide bonds. The number of hydrogen-bond donors (Lipinski definition) is 1. The summed E-state index contributed by atoms with van der Waals surface area (Å²) in [5.74, 6) is -0.514. The predicted octanol–water partition coefficient (Wildman–Crippen LogP) is 5.31. The van der Waals surface area contributed by atoms with Gasteiger partial charge in [0.15, 0.2) is 0 Å². The van der Waals surface area contributed by atoms with E-state index < -0.39 is 11.7 Å². The van der Waals surface area contributed by atoms with Crippen LogP contribution in [0.1, 0.15) is 15.9 Å². The van der Waals surface area contributed by atoms with Crippen LogP contribution in [-0.2, 0) is 6.61 Å². The van der Waals surface area contributed by atoms with Gasteiger partial charge in [0.2, 0.25) is 0 Å². The number of amides is 1. The van der Waals surface area contributed by atoms with Crippen molar-refractivity contribution >= 4 is 23.2 Å². The van der Waals surface area contributed by atoms with Crippen LogP contribution in [0.25, 0.3) is 0 Å². The molecule has 0 aliphatic heterocycles. The molecule has 0 unspecified atom stereocenters. The highest BCUT2D eigenvalue weighted by atomic mass is 35.5. The van der Waals surface area contributed by atoms with Crippen molar-refractivity contribution < 1.29 is 13.9 Å². The molecule has 0 bridgehead atoms. The maximum Gasteiger partial charge on any atom is 0.258 e. The summed E-state index contributed by atoms with van der Waals surface area (Å²) in [5.41, 5.74) is 1.55. The van der Waals surface area contributed by atoms with E-state index in [1.807, 2.05) is 30.3 Å². The first-order valence-electron chi connectivity index (χ1n) is 7.65. The number of halogens is 2. The number of carbonyl (C=O) groups is 1. The van der Waals surface area contributed by atoms with Crippen LogP contribution in [-0.4, -0.2) is 5.91 Å². The summed E-state index contributed by atoms with van der Waals surface area (Å²) in [7, 11) is 0. The molecule has 0 atom stereocenters. The van der Waals surface area contributed by atoms with E-state index in [1.54, 1.807) is 24.3 Å². The minimum atomic E-state index is -0.659. The molecule has 0 radical (unpaired) electrons. The SMILES string of the molecule is O=C(Nc1ccc(OCc2ccccc2)cc1)c1ccc(Cl)cc1F. The molecule has 0 aromatic heterocycles. The van der Waals surface area contributed by atoms with Crippen molar-refractivity contribution in [3.8, 4) is 5.75 Å². The maximum absolute atomic E-state index is 13.8. The molecule has 3 nitrogen and oxygen atoms in total. The van der Waals surface area contributed by atoms with Crippen LogP contribution in [0.4, 0.5) is 10.1 Å². The van der Waals surface area contributed by atoms with Crippen LogP contribution in [0, 0.1) is 5.82 Å². The Kier molecular flexibility index (Phi) is 5.31. The Morgan fingerprint density at radius 1 is 1.00 bits per heavy atom. The number of anilines is 1. The third-order valence-electron chi connectivity index (χ3n) is 3.54. The monoisotopic (exact) mass is 355 g/mol. The van der Waals surface area contributed by atoms with Crippen LogP contribution in [0.15, 0.2) is 72.8 Å². The molecule has 5 heteroatoms. The first kappa shape index (κ1) is 17.0. The Hall–Kier alpha value is -2.85. The molecule has 0 aliphatic carbocycles. The third-order valence-corrected chi connectivity index (χ3v) is 3.77. The minimum Gasteiger partial charge on any atom is -0.489 e. The number of carbonyl (C=O) groups excluding carboxylic acids is 1. The molecule has 0 saturated heterocycles.